The Morgan fingerprint density at radius 2 is 0.500 bits per heavy atom. The van der Waals surface area contributed by atoms with Crippen LogP contribution in [0.1, 0.15) is 0 Å². The molecular weight excluding hydrogens is 264 g/mol. The maximum atomic E-state index is 0. The third kappa shape index (κ3) is 229. The van der Waals surface area contributed by atoms with Gasteiger partial charge >= 0.3 is 21.1 Å². The van der Waals surface area contributed by atoms with Gasteiger partial charge in [0.15, 0.2) is 0 Å². The first kappa shape index (κ1) is 820. The van der Waals surface area contributed by atoms with Gasteiger partial charge in [-0.15, -0.1) is 0 Å². The van der Waals surface area contributed by atoms with E-state index in [0.717, 1.165) is 0 Å². The molecule has 0 aliphatic heterocycles. The van der Waals surface area contributed by atoms with Crippen molar-refractivity contribution in [3.05, 3.63) is 0 Å². The molecule has 0 aliphatic carbocycles. The van der Waals surface area contributed by atoms with Gasteiger partial charge in [-0.3, -0.25) is 0 Å². The molecule has 0 spiro atoms. The molecule has 0 rings (SSSR count). The Kier molecular flexibility index (Phi) is 63300. The van der Waals surface area contributed by atoms with E-state index in [9.17, 15) is 0 Å². The predicted molar refractivity (Wildman–Crippen MR) is 11.4 cm³/mol. The number of rotatable bonds is 0. The summed E-state index contributed by atoms with van der Waals surface area (Å²) in [5.41, 5.74) is 0. The van der Waals surface area contributed by atoms with Crippen molar-refractivity contribution in [2.75, 3.05) is 0 Å². The third-order valence-corrected chi connectivity index (χ3v) is 0. The normalized spacial score (nSPS) is 0. The maximum Gasteiger partial charge on any atom is 4.00 e. The number of hydrogen-bond acceptors (Lipinski definition) is 4. The van der Waals surface area contributed by atoms with Crippen molar-refractivity contribution in [2.45, 2.75) is 0 Å². The molecule has 0 saturated carbocycles. The molecule has 0 amide bonds. The van der Waals surface area contributed by atoms with Crippen LogP contribution in [0.5, 0.6) is 0 Å². The van der Waals surface area contributed by atoms with Crippen molar-refractivity contribution < 1.29 is 48.4 Å². The Labute approximate surface area is 49.2 Å². The van der Waals surface area contributed by atoms with Gasteiger partial charge in [0.1, 0.15) is 0 Å². The van der Waals surface area contributed by atoms with E-state index >= 15 is 0 Å². The fraction of sp³-hybridized carbons (Fsp3) is 0. The second-order valence-electron chi connectivity index (χ2n) is 0. The Hall–Kier alpha value is 0.488. The summed E-state index contributed by atoms with van der Waals surface area (Å²) in [5.74, 6) is 0. The minimum absolute atomic E-state index is 0. The van der Waals surface area contributed by atoms with Gasteiger partial charge in [0.05, 0.1) is 0 Å². The monoisotopic (exact) mass is 270 g/mol. The number of hydrogen-bond donors (Lipinski definition) is 0. The molecule has 0 aliphatic rings. The maximum absolute atomic E-state index is 0. The second-order valence-corrected chi connectivity index (χ2v) is 0. The van der Waals surface area contributed by atoms with Gasteiger partial charge < -0.3 is 27.4 Å². The molecule has 6 heteroatoms. The van der Waals surface area contributed by atoms with E-state index in [0.29, 0.717) is 0 Å². The Morgan fingerprint density at radius 1 is 0.500 bits per heavy atom. The minimum Gasteiger partial charge on any atom is -0.870 e. The largest absolute Gasteiger partial charge is 4.00 e. The standard InChI is InChI=1S/5H2O.W/h5*1H2;/q;;;;;+4/p-4. The molecule has 0 aromatic rings. The van der Waals surface area contributed by atoms with E-state index in [2.05, 4.69) is 0 Å². The van der Waals surface area contributed by atoms with Gasteiger partial charge in [0.25, 0.3) is 0 Å². The van der Waals surface area contributed by atoms with Crippen molar-refractivity contribution in [3.63, 3.8) is 0 Å². The topological polar surface area (TPSA) is 152 Å². The first-order chi connectivity index (χ1) is 0. The van der Waals surface area contributed by atoms with Crippen molar-refractivity contribution in [3.8, 4) is 0 Å². The molecular formula is H6O5W. The summed E-state index contributed by atoms with van der Waals surface area (Å²) < 4.78 is 0. The van der Waals surface area contributed by atoms with Crippen molar-refractivity contribution in [2.24, 2.45) is 0 Å². The summed E-state index contributed by atoms with van der Waals surface area (Å²) in [4.78, 5) is 0. The fourth-order valence-corrected chi connectivity index (χ4v) is 0. The van der Waals surface area contributed by atoms with Crippen molar-refractivity contribution in [1.82, 2.24) is 0 Å². The van der Waals surface area contributed by atoms with Gasteiger partial charge in [0, 0.05) is 0 Å². The van der Waals surface area contributed by atoms with Crippen molar-refractivity contribution >= 4 is 0 Å². The van der Waals surface area contributed by atoms with Crippen LogP contribution in [0.4, 0.5) is 0 Å². The zero-order valence-electron chi connectivity index (χ0n) is 2.70. The van der Waals surface area contributed by atoms with E-state index in [-0.39, 0.29) is 48.4 Å². The Balaban J connectivity index is 0. The van der Waals surface area contributed by atoms with Gasteiger partial charge in [-0.2, -0.15) is 0 Å². The average molecular weight is 270 g/mol. The summed E-state index contributed by atoms with van der Waals surface area (Å²) in [6.45, 7) is 0. The molecule has 0 aromatic heterocycles. The summed E-state index contributed by atoms with van der Waals surface area (Å²) in [6.07, 6.45) is 0. The molecule has 0 fully saturated rings. The van der Waals surface area contributed by atoms with E-state index in [1.54, 1.807) is 0 Å². The Bertz CT molecular complexity index is 3.90. The van der Waals surface area contributed by atoms with E-state index < -0.39 is 0 Å². The predicted octanol–water partition coefficient (Wildman–Crippen LogP) is -1.53. The van der Waals surface area contributed by atoms with Crippen molar-refractivity contribution in [1.29, 1.82) is 0 Å². The van der Waals surface area contributed by atoms with Crippen LogP contribution in [-0.4, -0.2) is 27.4 Å². The van der Waals surface area contributed by atoms with Crippen LogP contribution in [0.2, 0.25) is 0 Å². The van der Waals surface area contributed by atoms with Gasteiger partial charge in [-0.05, 0) is 0 Å². The van der Waals surface area contributed by atoms with Crippen LogP contribution in [-0.2, 0) is 21.1 Å². The van der Waals surface area contributed by atoms with Gasteiger partial charge in [-0.25, -0.2) is 0 Å². The molecule has 0 atom stereocenters. The fourth-order valence-electron chi connectivity index (χ4n) is 0. The summed E-state index contributed by atoms with van der Waals surface area (Å²) >= 11 is 0. The SMILES string of the molecule is O.[OH-].[OH-].[OH-].[OH-].[W+4]. The zero-order chi connectivity index (χ0) is 0. The molecule has 42 valence electrons. The molecule has 0 saturated heterocycles. The molecule has 0 bridgehead atoms. The minimum atomic E-state index is 0. The van der Waals surface area contributed by atoms with E-state index in [4.69, 9.17) is 0 Å². The molecule has 0 aromatic carbocycles. The first-order valence-electron chi connectivity index (χ1n) is 0. The van der Waals surface area contributed by atoms with Crippen LogP contribution < -0.4 is 0 Å². The third-order valence-electron chi connectivity index (χ3n) is 0. The van der Waals surface area contributed by atoms with Gasteiger partial charge in [0.2, 0.25) is 0 Å². The van der Waals surface area contributed by atoms with Crippen LogP contribution in [0, 0.1) is 0 Å². The zero-order valence-corrected chi connectivity index (χ0v) is 5.63. The van der Waals surface area contributed by atoms with Gasteiger partial charge in [-0.1, -0.05) is 0 Å². The van der Waals surface area contributed by atoms with Crippen LogP contribution in [0.15, 0.2) is 0 Å². The van der Waals surface area contributed by atoms with Crippen LogP contribution >= 0.6 is 0 Å². The van der Waals surface area contributed by atoms with Crippen LogP contribution in [0.25, 0.3) is 0 Å². The summed E-state index contributed by atoms with van der Waals surface area (Å²) in [6, 6.07) is 0. The molecule has 0 unspecified atom stereocenters. The molecule has 5 nitrogen and oxygen atoms in total. The van der Waals surface area contributed by atoms with E-state index in [1.165, 1.54) is 0 Å². The average Bonchev–Trinajstić information content (AvgIpc) is 0. The second kappa shape index (κ2) is 464. The van der Waals surface area contributed by atoms with E-state index in [1.807, 2.05) is 0 Å². The molecule has 6 N–H and O–H groups in total. The Morgan fingerprint density at radius 3 is 0.500 bits per heavy atom. The first-order valence-corrected chi connectivity index (χ1v) is 0. The van der Waals surface area contributed by atoms with Crippen LogP contribution in [0.3, 0.4) is 0 Å². The smallest absolute Gasteiger partial charge is 0.870 e. The summed E-state index contributed by atoms with van der Waals surface area (Å²) in [5, 5.41) is 0. The summed E-state index contributed by atoms with van der Waals surface area (Å²) in [7, 11) is 0. The molecule has 0 radical (unpaired) electrons. The molecule has 0 heterocycles. The molecule has 6 heavy (non-hydrogen) atoms. The quantitative estimate of drug-likeness (QED) is 0.523.